The number of rotatable bonds is 3. The second kappa shape index (κ2) is 5.51. The van der Waals surface area contributed by atoms with Crippen molar-refractivity contribution in [2.24, 2.45) is 0 Å². The third-order valence-corrected chi connectivity index (χ3v) is 4.26. The monoisotopic (exact) mass is 253 g/mol. The summed E-state index contributed by atoms with van der Waals surface area (Å²) in [6.07, 6.45) is 5.17. The average Bonchev–Trinajstić information content (AvgIpc) is 2.33. The van der Waals surface area contributed by atoms with E-state index < -0.39 is 5.97 Å². The highest BCUT2D eigenvalue weighted by Gasteiger charge is 2.24. The molecule has 0 bridgehead atoms. The number of nitrogens with zero attached hydrogens (tertiary/aromatic N) is 1. The van der Waals surface area contributed by atoms with Gasteiger partial charge in [0.2, 0.25) is 0 Å². The van der Waals surface area contributed by atoms with Crippen molar-refractivity contribution in [2.75, 3.05) is 0 Å². The van der Waals surface area contributed by atoms with Crippen LogP contribution in [0, 0.1) is 0 Å². The van der Waals surface area contributed by atoms with Crippen molar-refractivity contribution in [1.82, 2.24) is 4.98 Å². The predicted octanol–water partition coefficient (Wildman–Crippen LogP) is 2.18. The molecule has 0 radical (unpaired) electrons. The molecule has 0 amide bonds. The van der Waals surface area contributed by atoms with Gasteiger partial charge in [-0.15, -0.1) is 11.8 Å². The van der Waals surface area contributed by atoms with Crippen LogP contribution >= 0.6 is 11.8 Å². The first-order valence-corrected chi connectivity index (χ1v) is 6.59. The van der Waals surface area contributed by atoms with Crippen LogP contribution in [0.5, 0.6) is 0 Å². The standard InChI is InChI=1S/C12H15NO3S/c14-9-3-1-2-4-10(9)17-11-6-5-8(7-13-11)12(15)16/h5-7,9-10,14H,1-4H2,(H,15,16). The van der Waals surface area contributed by atoms with Crippen LogP contribution in [0.15, 0.2) is 23.4 Å². The van der Waals surface area contributed by atoms with Crippen LogP contribution in [0.1, 0.15) is 36.0 Å². The number of aliphatic hydroxyl groups excluding tert-OH is 1. The van der Waals surface area contributed by atoms with Gasteiger partial charge in [0.1, 0.15) is 0 Å². The van der Waals surface area contributed by atoms with Crippen molar-refractivity contribution in [3.05, 3.63) is 23.9 Å². The molecule has 2 rings (SSSR count). The summed E-state index contributed by atoms with van der Waals surface area (Å²) in [5.41, 5.74) is 0.193. The molecule has 1 heterocycles. The molecule has 1 aliphatic rings. The van der Waals surface area contributed by atoms with E-state index in [0.717, 1.165) is 30.7 Å². The fourth-order valence-electron chi connectivity index (χ4n) is 1.95. The molecule has 0 aromatic carbocycles. The second-order valence-corrected chi connectivity index (χ2v) is 5.46. The van der Waals surface area contributed by atoms with Crippen LogP contribution in [0.4, 0.5) is 0 Å². The van der Waals surface area contributed by atoms with Gasteiger partial charge in [0.05, 0.1) is 16.7 Å². The van der Waals surface area contributed by atoms with Gasteiger partial charge in [0, 0.05) is 11.4 Å². The number of carboxylic acids is 1. The fourth-order valence-corrected chi connectivity index (χ4v) is 3.09. The van der Waals surface area contributed by atoms with Crippen LogP contribution in [-0.2, 0) is 0 Å². The van der Waals surface area contributed by atoms with Gasteiger partial charge in [0.25, 0.3) is 0 Å². The van der Waals surface area contributed by atoms with Crippen LogP contribution in [0.3, 0.4) is 0 Å². The maximum Gasteiger partial charge on any atom is 0.337 e. The first-order valence-electron chi connectivity index (χ1n) is 5.71. The lowest BCUT2D eigenvalue weighted by Crippen LogP contribution is -2.26. The molecular formula is C12H15NO3S. The second-order valence-electron chi connectivity index (χ2n) is 4.20. The van der Waals surface area contributed by atoms with E-state index in [4.69, 9.17) is 5.11 Å². The van der Waals surface area contributed by atoms with Gasteiger partial charge in [-0.25, -0.2) is 9.78 Å². The molecule has 1 aliphatic carbocycles. The number of hydrogen-bond donors (Lipinski definition) is 2. The highest BCUT2D eigenvalue weighted by Crippen LogP contribution is 2.32. The topological polar surface area (TPSA) is 70.4 Å². The molecule has 1 aromatic rings. The zero-order valence-electron chi connectivity index (χ0n) is 9.37. The summed E-state index contributed by atoms with van der Waals surface area (Å²) < 4.78 is 0. The van der Waals surface area contributed by atoms with Gasteiger partial charge in [-0.3, -0.25) is 0 Å². The molecule has 4 nitrogen and oxygen atoms in total. The number of hydrogen-bond acceptors (Lipinski definition) is 4. The zero-order chi connectivity index (χ0) is 12.3. The maximum atomic E-state index is 10.7. The summed E-state index contributed by atoms with van der Waals surface area (Å²) in [7, 11) is 0. The smallest absolute Gasteiger partial charge is 0.337 e. The van der Waals surface area contributed by atoms with Crippen LogP contribution < -0.4 is 0 Å². The summed E-state index contributed by atoms with van der Waals surface area (Å²) in [6.45, 7) is 0. The Labute approximate surface area is 104 Å². The summed E-state index contributed by atoms with van der Waals surface area (Å²) >= 11 is 1.54. The minimum absolute atomic E-state index is 0.187. The van der Waals surface area contributed by atoms with Gasteiger partial charge in [0.15, 0.2) is 0 Å². The fraction of sp³-hybridized carbons (Fsp3) is 0.500. The van der Waals surface area contributed by atoms with Gasteiger partial charge < -0.3 is 10.2 Å². The number of carboxylic acid groups (broad SMARTS) is 1. The first-order chi connectivity index (χ1) is 8.16. The molecule has 0 aliphatic heterocycles. The third kappa shape index (κ3) is 3.20. The van der Waals surface area contributed by atoms with Crippen molar-refractivity contribution in [3.8, 4) is 0 Å². The molecule has 0 saturated heterocycles. The Morgan fingerprint density at radius 2 is 2.12 bits per heavy atom. The van der Waals surface area contributed by atoms with Crippen molar-refractivity contribution >= 4 is 17.7 Å². The maximum absolute atomic E-state index is 10.7. The van der Waals surface area contributed by atoms with Crippen molar-refractivity contribution in [1.29, 1.82) is 0 Å². The Bertz CT molecular complexity index is 393. The Morgan fingerprint density at radius 3 is 2.71 bits per heavy atom. The highest BCUT2D eigenvalue weighted by atomic mass is 32.2. The van der Waals surface area contributed by atoms with Crippen molar-refractivity contribution in [3.63, 3.8) is 0 Å². The molecule has 5 heteroatoms. The number of aliphatic hydroxyl groups is 1. The lowest BCUT2D eigenvalue weighted by atomic mass is 9.97. The molecule has 2 unspecified atom stereocenters. The first kappa shape index (κ1) is 12.4. The average molecular weight is 253 g/mol. The summed E-state index contributed by atoms with van der Waals surface area (Å²) in [6, 6.07) is 3.25. The Balaban J connectivity index is 2.00. The molecule has 1 fully saturated rings. The Morgan fingerprint density at radius 1 is 1.35 bits per heavy atom. The van der Waals surface area contributed by atoms with E-state index in [1.54, 1.807) is 12.1 Å². The molecule has 0 spiro atoms. The number of aromatic nitrogens is 1. The van der Waals surface area contributed by atoms with E-state index in [1.807, 2.05) is 0 Å². The largest absolute Gasteiger partial charge is 0.478 e. The SMILES string of the molecule is O=C(O)c1ccc(SC2CCCCC2O)nc1. The number of pyridine rings is 1. The van der Waals surface area contributed by atoms with E-state index in [1.165, 1.54) is 18.0 Å². The number of thioether (sulfide) groups is 1. The van der Waals surface area contributed by atoms with Crippen molar-refractivity contribution in [2.45, 2.75) is 42.1 Å². The minimum atomic E-state index is -0.966. The summed E-state index contributed by atoms with van der Waals surface area (Å²) in [5.74, 6) is -0.966. The number of aromatic carboxylic acids is 1. The molecule has 17 heavy (non-hydrogen) atoms. The lowest BCUT2D eigenvalue weighted by molar-refractivity contribution is 0.0696. The predicted molar refractivity (Wildman–Crippen MR) is 65.3 cm³/mol. The minimum Gasteiger partial charge on any atom is -0.478 e. The quantitative estimate of drug-likeness (QED) is 0.864. The normalized spacial score (nSPS) is 24.5. The van der Waals surface area contributed by atoms with E-state index >= 15 is 0 Å². The molecule has 1 aromatic heterocycles. The van der Waals surface area contributed by atoms with Gasteiger partial charge in [-0.05, 0) is 25.0 Å². The van der Waals surface area contributed by atoms with Gasteiger partial charge >= 0.3 is 5.97 Å². The van der Waals surface area contributed by atoms with E-state index in [0.29, 0.717) is 0 Å². The third-order valence-electron chi connectivity index (χ3n) is 2.92. The number of carbonyl (C=O) groups is 1. The van der Waals surface area contributed by atoms with E-state index in [-0.39, 0.29) is 16.9 Å². The van der Waals surface area contributed by atoms with Crippen LogP contribution in [0.25, 0.3) is 0 Å². The Hall–Kier alpha value is -1.07. The van der Waals surface area contributed by atoms with Crippen LogP contribution in [0.2, 0.25) is 0 Å². The summed E-state index contributed by atoms with van der Waals surface area (Å²) in [4.78, 5) is 14.8. The van der Waals surface area contributed by atoms with Gasteiger partial charge in [-0.2, -0.15) is 0 Å². The molecule has 92 valence electrons. The molecule has 2 atom stereocenters. The van der Waals surface area contributed by atoms with Crippen molar-refractivity contribution < 1.29 is 15.0 Å². The lowest BCUT2D eigenvalue weighted by Gasteiger charge is -2.26. The van der Waals surface area contributed by atoms with Gasteiger partial charge in [-0.1, -0.05) is 12.8 Å². The summed E-state index contributed by atoms with van der Waals surface area (Å²) in [5, 5.41) is 19.5. The van der Waals surface area contributed by atoms with Crippen LogP contribution in [-0.4, -0.2) is 32.5 Å². The van der Waals surface area contributed by atoms with E-state index in [2.05, 4.69) is 4.98 Å². The zero-order valence-corrected chi connectivity index (χ0v) is 10.2. The molecular weight excluding hydrogens is 238 g/mol. The molecule has 2 N–H and O–H groups in total. The Kier molecular flexibility index (Phi) is 4.02. The molecule has 1 saturated carbocycles. The van der Waals surface area contributed by atoms with E-state index in [9.17, 15) is 9.90 Å². The highest BCUT2D eigenvalue weighted by molar-refractivity contribution is 7.99.